The Bertz CT molecular complexity index is 1260. The Balaban J connectivity index is 1.60. The molecule has 1 amide bonds. The highest BCUT2D eigenvalue weighted by molar-refractivity contribution is 7.91. The van der Waals surface area contributed by atoms with Crippen molar-refractivity contribution in [2.24, 2.45) is 0 Å². The van der Waals surface area contributed by atoms with E-state index in [9.17, 15) is 17.6 Å². The van der Waals surface area contributed by atoms with Crippen LogP contribution in [0.15, 0.2) is 34.9 Å². The van der Waals surface area contributed by atoms with E-state index in [1.54, 1.807) is 19.1 Å². The molecule has 33 heavy (non-hydrogen) atoms. The maximum Gasteiger partial charge on any atom is 0.245 e. The quantitative estimate of drug-likeness (QED) is 0.494. The van der Waals surface area contributed by atoms with Crippen molar-refractivity contribution in [2.45, 2.75) is 52.7 Å². The van der Waals surface area contributed by atoms with Gasteiger partial charge in [0, 0.05) is 17.7 Å². The number of halogens is 1. The van der Waals surface area contributed by atoms with Gasteiger partial charge in [0.2, 0.25) is 17.6 Å². The molecule has 0 aliphatic carbocycles. The molecular formula is C24H28FN3O4S. The number of anilines is 1. The fourth-order valence-electron chi connectivity index (χ4n) is 3.59. The van der Waals surface area contributed by atoms with Crippen LogP contribution in [0.2, 0.25) is 0 Å². The molecule has 176 valence electrons. The van der Waals surface area contributed by atoms with Crippen molar-refractivity contribution in [3.63, 3.8) is 0 Å². The molecule has 0 spiro atoms. The normalized spacial score (nSPS) is 12.5. The molecule has 0 fully saturated rings. The predicted molar refractivity (Wildman–Crippen MR) is 125 cm³/mol. The van der Waals surface area contributed by atoms with E-state index in [4.69, 9.17) is 4.52 Å². The summed E-state index contributed by atoms with van der Waals surface area (Å²) < 4.78 is 44.4. The van der Waals surface area contributed by atoms with Crippen LogP contribution in [0.3, 0.4) is 0 Å². The van der Waals surface area contributed by atoms with Crippen LogP contribution in [0.25, 0.3) is 11.4 Å². The molecule has 9 heteroatoms. The summed E-state index contributed by atoms with van der Waals surface area (Å²) in [5, 5.41) is 5.62. The largest absolute Gasteiger partial charge is 0.338 e. The summed E-state index contributed by atoms with van der Waals surface area (Å²) >= 11 is 0. The highest BCUT2D eigenvalue weighted by atomic mass is 32.2. The lowest BCUT2D eigenvalue weighted by molar-refractivity contribution is -0.116. The summed E-state index contributed by atoms with van der Waals surface area (Å²) in [5.41, 5.74) is 4.67. The minimum Gasteiger partial charge on any atom is -0.338 e. The van der Waals surface area contributed by atoms with Gasteiger partial charge in [-0.2, -0.15) is 4.98 Å². The minimum absolute atomic E-state index is 0.0659. The molecule has 0 bridgehead atoms. The molecule has 0 saturated heterocycles. The number of carbonyl (C=O) groups is 1. The van der Waals surface area contributed by atoms with Crippen molar-refractivity contribution in [1.82, 2.24) is 10.1 Å². The van der Waals surface area contributed by atoms with Gasteiger partial charge in [0.1, 0.15) is 11.1 Å². The van der Waals surface area contributed by atoms with Gasteiger partial charge in [-0.05, 0) is 63.8 Å². The third-order valence-corrected chi connectivity index (χ3v) is 7.67. The minimum atomic E-state index is -3.64. The Morgan fingerprint density at radius 2 is 1.76 bits per heavy atom. The number of nitrogens with one attached hydrogen (secondary N) is 1. The first-order chi connectivity index (χ1) is 15.5. The zero-order valence-electron chi connectivity index (χ0n) is 19.4. The summed E-state index contributed by atoms with van der Waals surface area (Å²) in [6.45, 7) is 8.93. The fourth-order valence-corrected chi connectivity index (χ4v) is 4.90. The van der Waals surface area contributed by atoms with Gasteiger partial charge in [-0.3, -0.25) is 4.79 Å². The van der Waals surface area contributed by atoms with Crippen LogP contribution in [-0.2, 0) is 14.6 Å². The van der Waals surface area contributed by atoms with E-state index in [-0.39, 0.29) is 36.2 Å². The molecule has 7 nitrogen and oxygen atoms in total. The van der Waals surface area contributed by atoms with Gasteiger partial charge < -0.3 is 9.84 Å². The number of amides is 1. The van der Waals surface area contributed by atoms with Crippen molar-refractivity contribution >= 4 is 21.4 Å². The van der Waals surface area contributed by atoms with E-state index >= 15 is 0 Å². The van der Waals surface area contributed by atoms with Crippen LogP contribution >= 0.6 is 0 Å². The molecule has 3 rings (SSSR count). The topological polar surface area (TPSA) is 102 Å². The molecule has 1 aromatic heterocycles. The van der Waals surface area contributed by atoms with Crippen molar-refractivity contribution in [3.8, 4) is 11.4 Å². The van der Waals surface area contributed by atoms with Gasteiger partial charge in [0.15, 0.2) is 9.84 Å². The number of benzene rings is 2. The van der Waals surface area contributed by atoms with Crippen LogP contribution in [-0.4, -0.2) is 30.2 Å². The van der Waals surface area contributed by atoms with Crippen molar-refractivity contribution in [2.75, 3.05) is 11.1 Å². The van der Waals surface area contributed by atoms with Gasteiger partial charge >= 0.3 is 0 Å². The standard InChI is InChI=1S/C24H28FN3O4S/c1-14-11-16(3)22(17(4)12-14)26-21(29)7-6-10-33(30,31)18(5)24-27-23(28-32-24)19-9-8-15(2)20(25)13-19/h8-9,11-13,18H,6-7,10H2,1-5H3,(H,26,29). The summed E-state index contributed by atoms with van der Waals surface area (Å²) in [5.74, 6) is -0.802. The fraction of sp³-hybridized carbons (Fsp3) is 0.375. The van der Waals surface area contributed by atoms with Gasteiger partial charge in [-0.1, -0.05) is 35.0 Å². The van der Waals surface area contributed by atoms with Crippen LogP contribution in [0.5, 0.6) is 0 Å². The molecule has 1 heterocycles. The predicted octanol–water partition coefficient (Wildman–Crippen LogP) is 5.00. The third-order valence-electron chi connectivity index (χ3n) is 5.53. The number of hydrogen-bond donors (Lipinski definition) is 1. The zero-order valence-corrected chi connectivity index (χ0v) is 20.2. The number of aromatic nitrogens is 2. The van der Waals surface area contributed by atoms with Gasteiger partial charge in [-0.25, -0.2) is 12.8 Å². The van der Waals surface area contributed by atoms with Crippen LogP contribution in [0.1, 0.15) is 53.2 Å². The molecule has 1 unspecified atom stereocenters. The Morgan fingerprint density at radius 1 is 1.09 bits per heavy atom. The first-order valence-corrected chi connectivity index (χ1v) is 12.4. The van der Waals surface area contributed by atoms with Crippen LogP contribution < -0.4 is 5.32 Å². The molecular weight excluding hydrogens is 445 g/mol. The molecule has 0 aliphatic rings. The molecule has 0 radical (unpaired) electrons. The van der Waals surface area contributed by atoms with Crippen LogP contribution in [0, 0.1) is 33.5 Å². The molecule has 1 N–H and O–H groups in total. The molecule has 2 aromatic carbocycles. The van der Waals surface area contributed by atoms with E-state index in [0.29, 0.717) is 11.1 Å². The number of carbonyl (C=O) groups excluding carboxylic acids is 1. The number of sulfone groups is 1. The summed E-state index contributed by atoms with van der Waals surface area (Å²) in [7, 11) is -3.64. The average Bonchev–Trinajstić information content (AvgIpc) is 3.22. The number of nitrogens with zero attached hydrogens (tertiary/aromatic N) is 2. The Kier molecular flexibility index (Phi) is 7.31. The molecule has 3 aromatic rings. The zero-order chi connectivity index (χ0) is 24.3. The van der Waals surface area contributed by atoms with Crippen molar-refractivity contribution in [3.05, 3.63) is 64.3 Å². The van der Waals surface area contributed by atoms with E-state index in [1.165, 1.54) is 13.0 Å². The third kappa shape index (κ3) is 5.84. The van der Waals surface area contributed by atoms with Gasteiger partial charge in [0.25, 0.3) is 0 Å². The summed E-state index contributed by atoms with van der Waals surface area (Å²) in [6.07, 6.45) is 0.225. The molecule has 0 aliphatic heterocycles. The summed E-state index contributed by atoms with van der Waals surface area (Å²) in [4.78, 5) is 16.5. The highest BCUT2D eigenvalue weighted by Crippen LogP contribution is 2.26. The number of aryl methyl sites for hydroxylation is 4. The second-order valence-electron chi connectivity index (χ2n) is 8.35. The number of hydrogen-bond acceptors (Lipinski definition) is 6. The van der Waals surface area contributed by atoms with Crippen LogP contribution in [0.4, 0.5) is 10.1 Å². The first kappa shape index (κ1) is 24.6. The molecule has 1 atom stereocenters. The second kappa shape index (κ2) is 9.82. The average molecular weight is 474 g/mol. The highest BCUT2D eigenvalue weighted by Gasteiger charge is 2.28. The Hall–Kier alpha value is -3.07. The van der Waals surface area contributed by atoms with E-state index < -0.39 is 20.9 Å². The van der Waals surface area contributed by atoms with Gasteiger partial charge in [0.05, 0.1) is 5.75 Å². The first-order valence-electron chi connectivity index (χ1n) is 10.7. The van der Waals surface area contributed by atoms with Gasteiger partial charge in [-0.15, -0.1) is 0 Å². The smallest absolute Gasteiger partial charge is 0.245 e. The maximum absolute atomic E-state index is 13.8. The SMILES string of the molecule is Cc1cc(C)c(NC(=O)CCCS(=O)(=O)C(C)c2nc(-c3ccc(C)c(F)c3)no2)c(C)c1. The molecule has 0 saturated carbocycles. The summed E-state index contributed by atoms with van der Waals surface area (Å²) in [6, 6.07) is 8.48. The lowest BCUT2D eigenvalue weighted by Gasteiger charge is -2.13. The van der Waals surface area contributed by atoms with Crippen molar-refractivity contribution in [1.29, 1.82) is 0 Å². The lowest BCUT2D eigenvalue weighted by atomic mass is 10.0. The van der Waals surface area contributed by atoms with E-state index in [1.807, 2.05) is 32.9 Å². The maximum atomic E-state index is 13.8. The lowest BCUT2D eigenvalue weighted by Crippen LogP contribution is -2.18. The Labute approximate surface area is 193 Å². The monoisotopic (exact) mass is 473 g/mol. The van der Waals surface area contributed by atoms with Crippen molar-refractivity contribution < 1.29 is 22.1 Å². The van der Waals surface area contributed by atoms with E-state index in [2.05, 4.69) is 15.5 Å². The second-order valence-corrected chi connectivity index (χ2v) is 10.8. The van der Waals surface area contributed by atoms with E-state index in [0.717, 1.165) is 22.4 Å². The Morgan fingerprint density at radius 3 is 2.39 bits per heavy atom. The number of rotatable bonds is 8.